The van der Waals surface area contributed by atoms with Crippen molar-refractivity contribution in [2.45, 2.75) is 82.3 Å². The van der Waals surface area contributed by atoms with Crippen LogP contribution >= 0.6 is 24.8 Å². The van der Waals surface area contributed by atoms with Crippen molar-refractivity contribution in [1.82, 2.24) is 29.5 Å². The molecule has 2 aliphatic carbocycles. The number of fused-ring (bicyclic) bond motifs is 1. The van der Waals surface area contributed by atoms with Crippen molar-refractivity contribution in [3.8, 4) is 0 Å². The zero-order valence-corrected chi connectivity index (χ0v) is 21.4. The monoisotopic (exact) mass is 523 g/mol. The summed E-state index contributed by atoms with van der Waals surface area (Å²) in [6, 6.07) is 1.09. The van der Waals surface area contributed by atoms with Gasteiger partial charge in [-0.3, -0.25) is 4.79 Å². The average Bonchev–Trinajstić information content (AvgIpc) is 3.59. The van der Waals surface area contributed by atoms with Gasteiger partial charge in [0.05, 0.1) is 6.33 Å². The second-order valence-electron chi connectivity index (χ2n) is 9.31. The highest BCUT2D eigenvalue weighted by Gasteiger charge is 2.23. The van der Waals surface area contributed by atoms with Crippen LogP contribution in [0.1, 0.15) is 80.9 Å². The van der Waals surface area contributed by atoms with Gasteiger partial charge in [-0.1, -0.05) is 12.8 Å². The van der Waals surface area contributed by atoms with Crippen molar-refractivity contribution in [2.24, 2.45) is 5.73 Å². The van der Waals surface area contributed by atoms with Gasteiger partial charge in [0.2, 0.25) is 5.95 Å². The molecule has 0 unspecified atom stereocenters. The van der Waals surface area contributed by atoms with E-state index in [-0.39, 0.29) is 30.6 Å². The van der Waals surface area contributed by atoms with Crippen molar-refractivity contribution >= 4 is 53.5 Å². The standard InChI is InChI=1S/C23H33N9O.2ClH/c24-15-7-9-16(10-8-15)29-23-30-21(25-11-3-6-18(33)20-26-12-13-27-20)19-22(31-23)32(14-28-19)17-4-1-2-5-17;;/h12-17H,1-11,24H2,(H,26,27)(H2,25,29,30,31);2*1H/t15-,16-;;. The number of nitrogens with two attached hydrogens (primary N) is 1. The van der Waals surface area contributed by atoms with Gasteiger partial charge < -0.3 is 25.9 Å². The minimum atomic E-state index is 0. The Bertz CT molecular complexity index is 1070. The third kappa shape index (κ3) is 6.42. The lowest BCUT2D eigenvalue weighted by atomic mass is 9.92. The van der Waals surface area contributed by atoms with Crippen LogP contribution in [0.3, 0.4) is 0 Å². The van der Waals surface area contributed by atoms with E-state index in [1.54, 1.807) is 12.4 Å². The molecule has 3 aromatic heterocycles. The lowest BCUT2D eigenvalue weighted by Crippen LogP contribution is -2.33. The third-order valence-electron chi connectivity index (χ3n) is 6.88. The highest BCUT2D eigenvalue weighted by atomic mass is 35.5. The summed E-state index contributed by atoms with van der Waals surface area (Å²) in [4.78, 5) is 33.4. The van der Waals surface area contributed by atoms with E-state index < -0.39 is 0 Å². The number of rotatable bonds is 9. The first-order valence-corrected chi connectivity index (χ1v) is 12.2. The molecule has 0 spiro atoms. The Balaban J connectivity index is 0.00000171. The topological polar surface area (TPSA) is 139 Å². The fourth-order valence-corrected chi connectivity index (χ4v) is 4.99. The van der Waals surface area contributed by atoms with Gasteiger partial charge in [-0.15, -0.1) is 24.8 Å². The Kier molecular flexibility index (Phi) is 9.71. The van der Waals surface area contributed by atoms with Gasteiger partial charge in [-0.25, -0.2) is 9.97 Å². The summed E-state index contributed by atoms with van der Waals surface area (Å²) < 4.78 is 2.22. The number of nitrogens with one attached hydrogen (secondary N) is 3. The molecule has 5 N–H and O–H groups in total. The number of Topliss-reactive ketones (excluding diaryl/α,β-unsaturated/α-hetero) is 1. The lowest BCUT2D eigenvalue weighted by Gasteiger charge is -2.27. The average molecular weight is 525 g/mol. The Morgan fingerprint density at radius 1 is 1.09 bits per heavy atom. The number of nitrogens with zero attached hydrogens (tertiary/aromatic N) is 5. The van der Waals surface area contributed by atoms with Gasteiger partial charge >= 0.3 is 0 Å². The molecule has 0 amide bonds. The summed E-state index contributed by atoms with van der Waals surface area (Å²) >= 11 is 0. The van der Waals surface area contributed by atoms with Crippen LogP contribution in [0.25, 0.3) is 11.2 Å². The molecule has 192 valence electrons. The zero-order chi connectivity index (χ0) is 22.6. The molecule has 0 saturated heterocycles. The number of hydrogen-bond acceptors (Lipinski definition) is 8. The highest BCUT2D eigenvalue weighted by Crippen LogP contribution is 2.33. The normalized spacial score (nSPS) is 20.3. The number of aromatic amines is 1. The zero-order valence-electron chi connectivity index (χ0n) is 19.8. The number of anilines is 2. The highest BCUT2D eigenvalue weighted by molar-refractivity contribution is 5.92. The molecule has 0 atom stereocenters. The molecule has 12 heteroatoms. The van der Waals surface area contributed by atoms with Crippen LogP contribution in [0.2, 0.25) is 0 Å². The molecular formula is C23H35Cl2N9O. The van der Waals surface area contributed by atoms with E-state index in [0.717, 1.165) is 55.5 Å². The maximum Gasteiger partial charge on any atom is 0.227 e. The summed E-state index contributed by atoms with van der Waals surface area (Å²) in [5.41, 5.74) is 7.74. The first-order valence-electron chi connectivity index (χ1n) is 12.2. The van der Waals surface area contributed by atoms with Crippen LogP contribution in [-0.2, 0) is 0 Å². The summed E-state index contributed by atoms with van der Waals surface area (Å²) in [6.07, 6.45) is 15.2. The van der Waals surface area contributed by atoms with Gasteiger partial charge in [-0.2, -0.15) is 9.97 Å². The fraction of sp³-hybridized carbons (Fsp3) is 0.609. The van der Waals surface area contributed by atoms with Crippen molar-refractivity contribution in [2.75, 3.05) is 17.2 Å². The van der Waals surface area contributed by atoms with Crippen molar-refractivity contribution in [3.63, 3.8) is 0 Å². The molecule has 2 aliphatic rings. The lowest BCUT2D eigenvalue weighted by molar-refractivity contribution is 0.0972. The SMILES string of the molecule is Cl.Cl.N[C@H]1CC[C@H](Nc2nc(NCCCC(=O)c3ncc[nH]3)c3ncn(C4CCCC4)c3n2)CC1. The number of imidazole rings is 2. The first-order chi connectivity index (χ1) is 16.2. The Morgan fingerprint density at radius 2 is 1.86 bits per heavy atom. The van der Waals surface area contributed by atoms with E-state index in [0.29, 0.717) is 49.3 Å². The summed E-state index contributed by atoms with van der Waals surface area (Å²) in [7, 11) is 0. The number of aromatic nitrogens is 6. The maximum atomic E-state index is 12.2. The van der Waals surface area contributed by atoms with E-state index in [9.17, 15) is 4.79 Å². The van der Waals surface area contributed by atoms with Crippen LogP contribution in [0.4, 0.5) is 11.8 Å². The largest absolute Gasteiger partial charge is 0.368 e. The number of halogens is 2. The summed E-state index contributed by atoms with van der Waals surface area (Å²) in [5, 5.41) is 6.95. The van der Waals surface area contributed by atoms with Crippen LogP contribution in [0.5, 0.6) is 0 Å². The molecule has 0 aromatic carbocycles. The molecule has 3 heterocycles. The number of ketones is 1. The van der Waals surface area contributed by atoms with Crippen LogP contribution in [-0.4, -0.2) is 53.9 Å². The van der Waals surface area contributed by atoms with E-state index in [1.807, 2.05) is 6.33 Å². The number of hydrogen-bond donors (Lipinski definition) is 4. The molecule has 3 aromatic rings. The predicted molar refractivity (Wildman–Crippen MR) is 142 cm³/mol. The second-order valence-corrected chi connectivity index (χ2v) is 9.31. The van der Waals surface area contributed by atoms with Gasteiger partial charge in [-0.05, 0) is 44.9 Å². The van der Waals surface area contributed by atoms with E-state index >= 15 is 0 Å². The summed E-state index contributed by atoms with van der Waals surface area (Å²) in [6.45, 7) is 0.618. The van der Waals surface area contributed by atoms with Crippen LogP contribution < -0.4 is 16.4 Å². The molecule has 10 nitrogen and oxygen atoms in total. The second kappa shape index (κ2) is 12.5. The Hall–Kier alpha value is -2.43. The van der Waals surface area contributed by atoms with E-state index in [1.165, 1.54) is 12.8 Å². The third-order valence-corrected chi connectivity index (χ3v) is 6.88. The van der Waals surface area contributed by atoms with Crippen molar-refractivity contribution < 1.29 is 4.79 Å². The van der Waals surface area contributed by atoms with E-state index in [4.69, 9.17) is 15.7 Å². The number of H-pyrrole nitrogens is 1. The Morgan fingerprint density at radius 3 is 2.57 bits per heavy atom. The molecule has 2 fully saturated rings. The van der Waals surface area contributed by atoms with Crippen LogP contribution in [0.15, 0.2) is 18.7 Å². The molecule has 5 rings (SSSR count). The fourth-order valence-electron chi connectivity index (χ4n) is 4.99. The van der Waals surface area contributed by atoms with Crippen molar-refractivity contribution in [1.29, 1.82) is 0 Å². The minimum Gasteiger partial charge on any atom is -0.368 e. The van der Waals surface area contributed by atoms with Gasteiger partial charge in [0, 0.05) is 43.5 Å². The molecular weight excluding hydrogens is 489 g/mol. The molecule has 0 radical (unpaired) electrons. The molecule has 0 aliphatic heterocycles. The van der Waals surface area contributed by atoms with Gasteiger partial charge in [0.1, 0.15) is 0 Å². The van der Waals surface area contributed by atoms with E-state index in [2.05, 4.69) is 30.2 Å². The molecule has 35 heavy (non-hydrogen) atoms. The maximum absolute atomic E-state index is 12.2. The molecule has 0 bridgehead atoms. The number of carbonyl (C=O) groups excluding carboxylic acids is 1. The first kappa shape index (κ1) is 27.2. The van der Waals surface area contributed by atoms with Crippen molar-refractivity contribution in [3.05, 3.63) is 24.5 Å². The van der Waals surface area contributed by atoms with Gasteiger partial charge in [0.15, 0.2) is 28.6 Å². The smallest absolute Gasteiger partial charge is 0.227 e. The quantitative estimate of drug-likeness (QED) is 0.241. The minimum absolute atomic E-state index is 0. The number of carbonyl (C=O) groups is 1. The van der Waals surface area contributed by atoms with Gasteiger partial charge in [0.25, 0.3) is 0 Å². The predicted octanol–water partition coefficient (Wildman–Crippen LogP) is 4.26. The Labute approximate surface area is 217 Å². The summed E-state index contributed by atoms with van der Waals surface area (Å²) in [5.74, 6) is 1.78. The molecule has 2 saturated carbocycles. The van der Waals surface area contributed by atoms with Crippen LogP contribution in [0, 0.1) is 0 Å².